The maximum absolute atomic E-state index is 5.41. The molecule has 0 bridgehead atoms. The van der Waals surface area contributed by atoms with Crippen molar-refractivity contribution in [2.75, 3.05) is 0 Å². The zero-order valence-electron chi connectivity index (χ0n) is 57.8. The predicted octanol–water partition coefficient (Wildman–Crippen LogP) is 28.1. The van der Waals surface area contributed by atoms with Gasteiger partial charge in [-0.3, -0.25) is 0 Å². The Balaban J connectivity index is 0.776. The molecular formula is C87H102N6S3. The second kappa shape index (κ2) is 33.9. The standard InChI is InChI=1S/C87H102N6S3/c1-4-7-10-13-16-19-22-25-28-37-58-91-73-43-34-31-40-67(73)70-61-64(46-49-76(70)91)79-52-55-82(94-79)85-88-86(83-56-53-80(95-83)65-47-50-77-71(62-65)68-41-32-35-44-74(68)92(77)59-38-29-26-23-20-17-14-11-8-5-2)90-87(89-85)84-57-54-81(96-84)66-48-51-78-72(63-66)69-42-33-36-45-75(69)93(78)60-39-30-27-24-21-18-15-12-9-6-3/h31-36,40-57,61-63H,4-30,37-39,58-60H2,1-3H3. The zero-order valence-corrected chi connectivity index (χ0v) is 60.3. The average Bonchev–Trinajstić information content (AvgIpc) is 1.62. The van der Waals surface area contributed by atoms with Gasteiger partial charge in [-0.05, 0) is 127 Å². The summed E-state index contributed by atoms with van der Waals surface area (Å²) >= 11 is 5.32. The van der Waals surface area contributed by atoms with E-state index in [9.17, 15) is 0 Å². The van der Waals surface area contributed by atoms with Crippen LogP contribution in [0.4, 0.5) is 0 Å². The maximum atomic E-state index is 5.41. The molecule has 0 atom stereocenters. The molecule has 0 amide bonds. The van der Waals surface area contributed by atoms with Crippen LogP contribution in [-0.4, -0.2) is 28.7 Å². The lowest BCUT2D eigenvalue weighted by Gasteiger charge is -2.08. The van der Waals surface area contributed by atoms with E-state index < -0.39 is 0 Å². The van der Waals surface area contributed by atoms with E-state index in [-0.39, 0.29) is 0 Å². The van der Waals surface area contributed by atoms with Gasteiger partial charge in [-0.15, -0.1) is 34.0 Å². The van der Waals surface area contributed by atoms with E-state index in [0.29, 0.717) is 17.5 Å². The van der Waals surface area contributed by atoms with E-state index in [4.69, 9.17) is 15.0 Å². The summed E-state index contributed by atoms with van der Waals surface area (Å²) in [5, 5.41) is 7.94. The van der Waals surface area contributed by atoms with Crippen LogP contribution >= 0.6 is 34.0 Å². The minimum Gasteiger partial charge on any atom is -0.340 e. The Kier molecular flexibility index (Phi) is 23.8. The molecule has 0 fully saturated rings. The van der Waals surface area contributed by atoms with Crippen LogP contribution in [0.25, 0.3) is 129 Å². The number of unbranched alkanes of at least 4 members (excludes halogenated alkanes) is 27. The summed E-state index contributed by atoms with van der Waals surface area (Å²) in [4.78, 5) is 23.0. The molecule has 9 heteroatoms. The summed E-state index contributed by atoms with van der Waals surface area (Å²) in [5.41, 5.74) is 11.6. The molecule has 498 valence electrons. The van der Waals surface area contributed by atoms with E-state index in [1.165, 1.54) is 289 Å². The largest absolute Gasteiger partial charge is 0.340 e. The fourth-order valence-electron chi connectivity index (χ4n) is 15.2. The van der Waals surface area contributed by atoms with E-state index in [1.54, 1.807) is 34.0 Å². The van der Waals surface area contributed by atoms with Crippen LogP contribution in [0.1, 0.15) is 213 Å². The fourth-order valence-corrected chi connectivity index (χ4v) is 18.0. The highest BCUT2D eigenvalue weighted by Crippen LogP contribution is 2.43. The van der Waals surface area contributed by atoms with Crippen molar-refractivity contribution in [3.05, 3.63) is 164 Å². The summed E-state index contributed by atoms with van der Waals surface area (Å²) in [7, 11) is 0. The summed E-state index contributed by atoms with van der Waals surface area (Å²) in [6, 6.07) is 61.9. The van der Waals surface area contributed by atoms with Crippen LogP contribution in [0.5, 0.6) is 0 Å². The number of para-hydroxylation sites is 3. The first-order valence-corrected chi connectivity index (χ1v) is 40.1. The van der Waals surface area contributed by atoms with Crippen molar-refractivity contribution in [3.63, 3.8) is 0 Å². The highest BCUT2D eigenvalue weighted by molar-refractivity contribution is 7.19. The van der Waals surface area contributed by atoms with Crippen molar-refractivity contribution in [1.82, 2.24) is 28.7 Å². The number of hydrogen-bond acceptors (Lipinski definition) is 6. The van der Waals surface area contributed by atoms with Gasteiger partial charge < -0.3 is 13.7 Å². The van der Waals surface area contributed by atoms with Crippen LogP contribution in [-0.2, 0) is 19.6 Å². The van der Waals surface area contributed by atoms with Gasteiger partial charge in [0, 0.05) is 99.7 Å². The summed E-state index contributed by atoms with van der Waals surface area (Å²) < 4.78 is 7.73. The SMILES string of the molecule is CCCCCCCCCCCCn1c2ccccc2c2cc(-c3ccc(-c4nc(-c5ccc(-c6ccc7c(c6)c6ccccc6n7CCCCCCCCCCCC)s5)nc(-c5ccc(-c6ccc7c(c6)c6ccccc6n7CCCCCCCCCCCC)s5)n4)s3)ccc21. The first kappa shape index (κ1) is 67.4. The number of aromatic nitrogens is 6. The normalized spacial score (nSPS) is 12.0. The average molecular weight is 1330 g/mol. The van der Waals surface area contributed by atoms with Crippen molar-refractivity contribution in [1.29, 1.82) is 0 Å². The quantitative estimate of drug-likeness (QED) is 0.0361. The smallest absolute Gasteiger partial charge is 0.174 e. The molecule has 0 saturated carbocycles. The first-order valence-electron chi connectivity index (χ1n) is 37.7. The number of nitrogens with zero attached hydrogens (tertiary/aromatic N) is 6. The molecule has 6 aromatic carbocycles. The van der Waals surface area contributed by atoms with Gasteiger partial charge in [0.25, 0.3) is 0 Å². The third-order valence-corrected chi connectivity index (χ3v) is 23.9. The molecule has 0 aliphatic rings. The Hall–Kier alpha value is -7.17. The van der Waals surface area contributed by atoms with Gasteiger partial charge in [-0.25, -0.2) is 15.0 Å². The highest BCUT2D eigenvalue weighted by atomic mass is 32.1. The van der Waals surface area contributed by atoms with Gasteiger partial charge in [-0.2, -0.15) is 0 Å². The third kappa shape index (κ3) is 16.0. The number of fused-ring (bicyclic) bond motifs is 9. The highest BCUT2D eigenvalue weighted by Gasteiger charge is 2.21. The first-order chi connectivity index (χ1) is 47.5. The summed E-state index contributed by atoms with van der Waals surface area (Å²) in [6.45, 7) is 10.0. The zero-order chi connectivity index (χ0) is 65.3. The Morgan fingerprint density at radius 1 is 0.229 bits per heavy atom. The molecule has 13 rings (SSSR count). The molecule has 7 heterocycles. The van der Waals surface area contributed by atoms with Crippen molar-refractivity contribution in [3.8, 4) is 63.4 Å². The van der Waals surface area contributed by atoms with E-state index in [2.05, 4.69) is 198 Å². The Morgan fingerprint density at radius 2 is 0.458 bits per heavy atom. The predicted molar refractivity (Wildman–Crippen MR) is 421 cm³/mol. The van der Waals surface area contributed by atoms with Crippen LogP contribution in [0.3, 0.4) is 0 Å². The minimum absolute atomic E-state index is 0.707. The fraction of sp³-hybridized carbons (Fsp3) is 0.414. The van der Waals surface area contributed by atoms with Gasteiger partial charge >= 0.3 is 0 Å². The monoisotopic (exact) mass is 1330 g/mol. The molecule has 0 aliphatic carbocycles. The Bertz CT molecular complexity index is 4140. The van der Waals surface area contributed by atoms with Crippen LogP contribution in [0.2, 0.25) is 0 Å². The van der Waals surface area contributed by atoms with Crippen molar-refractivity contribution in [2.45, 2.75) is 233 Å². The van der Waals surface area contributed by atoms with Crippen molar-refractivity contribution >= 4 is 99.4 Å². The van der Waals surface area contributed by atoms with Gasteiger partial charge in [-0.1, -0.05) is 267 Å². The van der Waals surface area contributed by atoms with Gasteiger partial charge in [0.15, 0.2) is 17.5 Å². The van der Waals surface area contributed by atoms with Crippen molar-refractivity contribution in [2.24, 2.45) is 0 Å². The second-order valence-corrected chi connectivity index (χ2v) is 30.8. The number of thiophene rings is 3. The Morgan fingerprint density at radius 3 is 0.729 bits per heavy atom. The van der Waals surface area contributed by atoms with E-state index in [0.717, 1.165) is 34.3 Å². The van der Waals surface area contributed by atoms with E-state index >= 15 is 0 Å². The van der Waals surface area contributed by atoms with Gasteiger partial charge in [0.05, 0.1) is 14.6 Å². The Labute approximate surface area is 584 Å². The topological polar surface area (TPSA) is 53.5 Å². The molecule has 7 aromatic heterocycles. The molecule has 0 spiro atoms. The molecule has 0 unspecified atom stereocenters. The number of rotatable bonds is 39. The van der Waals surface area contributed by atoms with Crippen LogP contribution in [0.15, 0.2) is 164 Å². The van der Waals surface area contributed by atoms with Gasteiger partial charge in [0.2, 0.25) is 0 Å². The lowest BCUT2D eigenvalue weighted by atomic mass is 10.1. The molecule has 0 radical (unpaired) electrons. The molecule has 13 aromatic rings. The molecular weight excluding hydrogens is 1230 g/mol. The summed E-state index contributed by atoms with van der Waals surface area (Å²) in [5.74, 6) is 2.12. The second-order valence-electron chi connectivity index (χ2n) is 27.5. The van der Waals surface area contributed by atoms with Crippen LogP contribution < -0.4 is 0 Å². The van der Waals surface area contributed by atoms with Crippen LogP contribution in [0, 0.1) is 0 Å². The molecule has 0 saturated heterocycles. The molecule has 0 aliphatic heterocycles. The van der Waals surface area contributed by atoms with E-state index in [1.807, 2.05) is 0 Å². The van der Waals surface area contributed by atoms with Gasteiger partial charge in [0.1, 0.15) is 0 Å². The molecule has 0 N–H and O–H groups in total. The number of aryl methyl sites for hydroxylation is 3. The lowest BCUT2D eigenvalue weighted by molar-refractivity contribution is 0.541. The molecule has 6 nitrogen and oxygen atoms in total. The lowest BCUT2D eigenvalue weighted by Crippen LogP contribution is -1.97. The minimum atomic E-state index is 0.707. The number of benzene rings is 6. The maximum Gasteiger partial charge on any atom is 0.174 e. The number of hydrogen-bond donors (Lipinski definition) is 0. The third-order valence-electron chi connectivity index (χ3n) is 20.5. The van der Waals surface area contributed by atoms with Crippen molar-refractivity contribution < 1.29 is 0 Å². The summed E-state index contributed by atoms with van der Waals surface area (Å²) in [6.07, 6.45) is 40.3. The molecule has 96 heavy (non-hydrogen) atoms.